The highest BCUT2D eigenvalue weighted by molar-refractivity contribution is 5.98. The number of benzene rings is 2. The highest BCUT2D eigenvalue weighted by Gasteiger charge is 2.14. The number of hydrogen-bond acceptors (Lipinski definition) is 3. The van der Waals surface area contributed by atoms with E-state index in [-0.39, 0.29) is 0 Å². The molecule has 6 heteroatoms. The summed E-state index contributed by atoms with van der Waals surface area (Å²) in [5.74, 6) is 1.01. The Labute approximate surface area is 137 Å². The molecular formula is C18H14N4O2. The molecule has 0 fully saturated rings. The van der Waals surface area contributed by atoms with Gasteiger partial charge in [-0.2, -0.15) is 5.10 Å². The fourth-order valence-corrected chi connectivity index (χ4v) is 2.59. The fourth-order valence-electron chi connectivity index (χ4n) is 2.59. The molecule has 1 amide bonds. The summed E-state index contributed by atoms with van der Waals surface area (Å²) >= 11 is 0. The van der Waals surface area contributed by atoms with E-state index >= 15 is 0 Å². The maximum Gasteiger partial charge on any atom is 0.254 e. The van der Waals surface area contributed by atoms with Crippen LogP contribution in [0.1, 0.15) is 10.4 Å². The first-order valence-corrected chi connectivity index (χ1v) is 7.40. The monoisotopic (exact) mass is 318 g/mol. The highest BCUT2D eigenvalue weighted by atomic mass is 16.5. The highest BCUT2D eigenvalue weighted by Crippen LogP contribution is 2.24. The maximum atomic E-state index is 11.6. The van der Waals surface area contributed by atoms with Gasteiger partial charge in [0.25, 0.3) is 5.91 Å². The van der Waals surface area contributed by atoms with Gasteiger partial charge >= 0.3 is 0 Å². The van der Waals surface area contributed by atoms with Crippen molar-refractivity contribution in [2.75, 3.05) is 0 Å². The number of aromatic nitrogens is 3. The minimum Gasteiger partial charge on any atom is -0.457 e. The third-order valence-corrected chi connectivity index (χ3v) is 3.71. The second-order valence-corrected chi connectivity index (χ2v) is 5.27. The van der Waals surface area contributed by atoms with Crippen LogP contribution in [0.25, 0.3) is 11.3 Å². The van der Waals surface area contributed by atoms with Gasteiger partial charge in [-0.1, -0.05) is 18.2 Å². The predicted octanol–water partition coefficient (Wildman–Crippen LogP) is 3.02. The molecule has 2 aromatic heterocycles. The van der Waals surface area contributed by atoms with Crippen molar-refractivity contribution in [2.24, 2.45) is 5.73 Å². The summed E-state index contributed by atoms with van der Waals surface area (Å²) in [6.45, 7) is 0. The van der Waals surface area contributed by atoms with Gasteiger partial charge in [-0.05, 0) is 36.4 Å². The topological polar surface area (TPSA) is 74.5 Å². The van der Waals surface area contributed by atoms with Gasteiger partial charge in [0, 0.05) is 18.1 Å². The third-order valence-electron chi connectivity index (χ3n) is 3.71. The number of carbonyl (C=O) groups is 1. The first-order valence-electron chi connectivity index (χ1n) is 7.40. The molecule has 4 aromatic rings. The lowest BCUT2D eigenvalue weighted by atomic mass is 10.2. The number of nitrogens with two attached hydrogens (primary N) is 1. The van der Waals surface area contributed by atoms with Gasteiger partial charge in [0.15, 0.2) is 5.65 Å². The maximum absolute atomic E-state index is 11.6. The molecule has 24 heavy (non-hydrogen) atoms. The number of primary amides is 1. The fraction of sp³-hybridized carbons (Fsp3) is 0. The number of imidazole rings is 1. The van der Waals surface area contributed by atoms with Gasteiger partial charge in [-0.3, -0.25) is 9.36 Å². The van der Waals surface area contributed by atoms with Crippen LogP contribution >= 0.6 is 0 Å². The molecule has 0 saturated carbocycles. The number of nitrogens with zero attached hydrogens (tertiary/aromatic N) is 3. The SMILES string of the molecule is NC(=O)c1cnn2ccn(-c3ccc(Oc4ccccc4)cc3)c12. The molecule has 4 rings (SSSR count). The van der Waals surface area contributed by atoms with E-state index < -0.39 is 5.91 Å². The molecule has 6 nitrogen and oxygen atoms in total. The molecule has 0 aliphatic heterocycles. The number of ether oxygens (including phenoxy) is 1. The van der Waals surface area contributed by atoms with Crippen LogP contribution in [-0.2, 0) is 0 Å². The Balaban J connectivity index is 1.68. The standard InChI is InChI=1S/C18H14N4O2/c19-17(23)16-12-20-22-11-10-21(18(16)22)13-6-8-15(9-7-13)24-14-4-2-1-3-5-14/h1-12H,(H2,19,23). The van der Waals surface area contributed by atoms with Crippen LogP contribution in [0.2, 0.25) is 0 Å². The van der Waals surface area contributed by atoms with Crippen LogP contribution in [0.4, 0.5) is 0 Å². The Kier molecular flexibility index (Phi) is 3.28. The average Bonchev–Trinajstić information content (AvgIpc) is 3.18. The van der Waals surface area contributed by atoms with Crippen molar-refractivity contribution in [3.8, 4) is 17.2 Å². The summed E-state index contributed by atoms with van der Waals surface area (Å²) in [5, 5.41) is 4.13. The quantitative estimate of drug-likeness (QED) is 0.628. The number of fused-ring (bicyclic) bond motifs is 1. The lowest BCUT2D eigenvalue weighted by Crippen LogP contribution is -2.11. The summed E-state index contributed by atoms with van der Waals surface area (Å²) in [4.78, 5) is 11.6. The predicted molar refractivity (Wildman–Crippen MR) is 89.6 cm³/mol. The van der Waals surface area contributed by atoms with Crippen LogP contribution < -0.4 is 10.5 Å². The van der Waals surface area contributed by atoms with E-state index in [0.717, 1.165) is 17.2 Å². The summed E-state index contributed by atoms with van der Waals surface area (Å²) in [6, 6.07) is 17.2. The molecule has 0 atom stereocenters. The van der Waals surface area contributed by atoms with E-state index in [9.17, 15) is 4.79 Å². The Morgan fingerprint density at radius 1 is 0.958 bits per heavy atom. The zero-order valence-corrected chi connectivity index (χ0v) is 12.7. The molecule has 0 radical (unpaired) electrons. The lowest BCUT2D eigenvalue weighted by Gasteiger charge is -2.08. The van der Waals surface area contributed by atoms with E-state index in [1.54, 1.807) is 10.7 Å². The van der Waals surface area contributed by atoms with E-state index in [1.165, 1.54) is 6.20 Å². The summed E-state index contributed by atoms with van der Waals surface area (Å²) < 4.78 is 9.26. The number of rotatable bonds is 4. The van der Waals surface area contributed by atoms with Crippen LogP contribution in [0, 0.1) is 0 Å². The minimum atomic E-state index is -0.506. The molecule has 0 saturated heterocycles. The van der Waals surface area contributed by atoms with E-state index in [2.05, 4.69) is 5.10 Å². The van der Waals surface area contributed by atoms with E-state index in [4.69, 9.17) is 10.5 Å². The molecular weight excluding hydrogens is 304 g/mol. The van der Waals surface area contributed by atoms with Crippen molar-refractivity contribution in [3.63, 3.8) is 0 Å². The van der Waals surface area contributed by atoms with E-state index in [0.29, 0.717) is 11.2 Å². The molecule has 0 bridgehead atoms. The van der Waals surface area contributed by atoms with Crippen molar-refractivity contribution < 1.29 is 9.53 Å². The molecule has 2 aromatic carbocycles. The Bertz CT molecular complexity index is 1000. The molecule has 2 heterocycles. The smallest absolute Gasteiger partial charge is 0.254 e. The van der Waals surface area contributed by atoms with Crippen LogP contribution in [0.3, 0.4) is 0 Å². The van der Waals surface area contributed by atoms with Gasteiger partial charge in [0.05, 0.1) is 6.20 Å². The zero-order chi connectivity index (χ0) is 16.5. The number of para-hydroxylation sites is 1. The molecule has 2 N–H and O–H groups in total. The first kappa shape index (κ1) is 14.1. The third kappa shape index (κ3) is 2.40. The average molecular weight is 318 g/mol. The van der Waals surface area contributed by atoms with Gasteiger partial charge in [-0.15, -0.1) is 0 Å². The van der Waals surface area contributed by atoms with Crippen molar-refractivity contribution >= 4 is 11.6 Å². The largest absolute Gasteiger partial charge is 0.457 e. The van der Waals surface area contributed by atoms with Crippen LogP contribution in [-0.4, -0.2) is 20.1 Å². The van der Waals surface area contributed by atoms with Crippen molar-refractivity contribution in [1.29, 1.82) is 0 Å². The first-order chi connectivity index (χ1) is 11.7. The van der Waals surface area contributed by atoms with Crippen LogP contribution in [0.5, 0.6) is 11.5 Å². The number of carbonyl (C=O) groups excluding carboxylic acids is 1. The minimum absolute atomic E-state index is 0.379. The second kappa shape index (κ2) is 5.58. The summed E-state index contributed by atoms with van der Waals surface area (Å²) in [6.07, 6.45) is 5.08. The van der Waals surface area contributed by atoms with Gasteiger partial charge in [0.2, 0.25) is 0 Å². The van der Waals surface area contributed by atoms with Gasteiger partial charge in [-0.25, -0.2) is 4.52 Å². The second-order valence-electron chi connectivity index (χ2n) is 5.27. The molecule has 0 aliphatic carbocycles. The zero-order valence-electron chi connectivity index (χ0n) is 12.7. The van der Waals surface area contributed by atoms with Crippen molar-refractivity contribution in [1.82, 2.24) is 14.2 Å². The van der Waals surface area contributed by atoms with E-state index in [1.807, 2.05) is 65.4 Å². The van der Waals surface area contributed by atoms with Crippen molar-refractivity contribution in [3.05, 3.63) is 78.8 Å². The van der Waals surface area contributed by atoms with Crippen molar-refractivity contribution in [2.45, 2.75) is 0 Å². The number of amides is 1. The Hall–Kier alpha value is -3.54. The number of hydrogen-bond donors (Lipinski definition) is 1. The molecule has 118 valence electrons. The van der Waals surface area contributed by atoms with Crippen LogP contribution in [0.15, 0.2) is 73.2 Å². The normalized spacial score (nSPS) is 10.8. The van der Waals surface area contributed by atoms with Gasteiger partial charge in [0.1, 0.15) is 17.1 Å². The lowest BCUT2D eigenvalue weighted by molar-refractivity contribution is 0.100. The molecule has 0 aliphatic rings. The summed E-state index contributed by atoms with van der Waals surface area (Å²) in [5.41, 5.74) is 7.32. The Morgan fingerprint density at radius 3 is 2.38 bits per heavy atom. The van der Waals surface area contributed by atoms with Gasteiger partial charge < -0.3 is 10.5 Å². The summed E-state index contributed by atoms with van der Waals surface area (Å²) in [7, 11) is 0. The molecule has 0 unspecified atom stereocenters. The Morgan fingerprint density at radius 2 is 1.67 bits per heavy atom. The molecule has 0 spiro atoms.